The lowest BCUT2D eigenvalue weighted by Crippen LogP contribution is -2.36. The maximum absolute atomic E-state index is 11.8. The smallest absolute Gasteiger partial charge is 0.228 e. The van der Waals surface area contributed by atoms with Crippen molar-refractivity contribution in [3.63, 3.8) is 0 Å². The molecule has 2 N–H and O–H groups in total. The normalized spacial score (nSPS) is 15.3. The van der Waals surface area contributed by atoms with Crippen molar-refractivity contribution in [2.75, 3.05) is 48.9 Å². The molecule has 4 heterocycles. The van der Waals surface area contributed by atoms with E-state index >= 15 is 0 Å². The van der Waals surface area contributed by atoms with Gasteiger partial charge in [0.2, 0.25) is 5.91 Å². The highest BCUT2D eigenvalue weighted by Crippen LogP contribution is 2.35. The Kier molecular flexibility index (Phi) is 5.26. The number of methoxy groups -OCH3 is 1. The molecule has 0 aliphatic carbocycles. The van der Waals surface area contributed by atoms with Crippen LogP contribution < -0.4 is 20.3 Å². The van der Waals surface area contributed by atoms with Crippen molar-refractivity contribution < 1.29 is 14.3 Å². The molecule has 6 rings (SSSR count). The second-order valence-corrected chi connectivity index (χ2v) is 8.72. The van der Waals surface area contributed by atoms with Crippen LogP contribution in [0.15, 0.2) is 48.8 Å². The number of hydrogen-bond donors (Lipinski definition) is 2. The zero-order chi connectivity index (χ0) is 23.9. The number of fused-ring (bicyclic) bond motifs is 2. The number of rotatable bonds is 5. The standard InChI is InChI=1S/C26H26N6O3/c1-16-24(17-3-5-20-18(13-17)14-23(33)29-20)30-25(26-27-7-8-32(16)26)28-19-4-6-21(22(15-19)34-2)31-9-11-35-12-10-31/h3-8,13,15H,9-12,14H2,1-2H3,(H,28,30)(H,29,33). The maximum Gasteiger partial charge on any atom is 0.228 e. The van der Waals surface area contributed by atoms with Crippen LogP contribution in [0.2, 0.25) is 0 Å². The summed E-state index contributed by atoms with van der Waals surface area (Å²) in [5.74, 6) is 1.45. The summed E-state index contributed by atoms with van der Waals surface area (Å²) in [6, 6.07) is 12.0. The number of amides is 1. The van der Waals surface area contributed by atoms with Crippen LogP contribution in [-0.4, -0.2) is 53.7 Å². The molecule has 1 saturated heterocycles. The lowest BCUT2D eigenvalue weighted by atomic mass is 10.0. The first kappa shape index (κ1) is 21.4. The molecule has 2 aliphatic rings. The van der Waals surface area contributed by atoms with E-state index in [2.05, 4.69) is 26.6 Å². The molecule has 1 amide bonds. The van der Waals surface area contributed by atoms with Crippen LogP contribution in [0.3, 0.4) is 0 Å². The number of nitrogens with one attached hydrogen (secondary N) is 2. The molecule has 178 valence electrons. The van der Waals surface area contributed by atoms with Crippen LogP contribution in [0.25, 0.3) is 16.9 Å². The van der Waals surface area contributed by atoms with Gasteiger partial charge in [-0.3, -0.25) is 9.20 Å². The summed E-state index contributed by atoms with van der Waals surface area (Å²) < 4.78 is 13.2. The van der Waals surface area contributed by atoms with Gasteiger partial charge in [-0.05, 0) is 36.8 Å². The Morgan fingerprint density at radius 2 is 2.00 bits per heavy atom. The molecule has 0 saturated carbocycles. The number of hydrogen-bond acceptors (Lipinski definition) is 7. The number of aryl methyl sites for hydroxylation is 1. The monoisotopic (exact) mass is 470 g/mol. The van der Waals surface area contributed by atoms with Crippen LogP contribution in [0.5, 0.6) is 5.75 Å². The molecule has 0 radical (unpaired) electrons. The fraction of sp³-hybridized carbons (Fsp3) is 0.269. The van der Waals surface area contributed by atoms with Crippen molar-refractivity contribution in [2.45, 2.75) is 13.3 Å². The van der Waals surface area contributed by atoms with E-state index in [9.17, 15) is 4.79 Å². The van der Waals surface area contributed by atoms with Crippen LogP contribution in [0.4, 0.5) is 22.9 Å². The summed E-state index contributed by atoms with van der Waals surface area (Å²) in [6.45, 7) is 5.12. The number of anilines is 4. The molecule has 9 nitrogen and oxygen atoms in total. The largest absolute Gasteiger partial charge is 0.495 e. The molecule has 35 heavy (non-hydrogen) atoms. The zero-order valence-corrected chi connectivity index (χ0v) is 19.7. The molecule has 2 aromatic carbocycles. The molecule has 4 aromatic rings. The maximum atomic E-state index is 11.8. The predicted octanol–water partition coefficient (Wildman–Crippen LogP) is 3.79. The fourth-order valence-corrected chi connectivity index (χ4v) is 4.80. The molecule has 2 aliphatic heterocycles. The van der Waals surface area contributed by atoms with Gasteiger partial charge in [0, 0.05) is 54.2 Å². The molecule has 0 unspecified atom stereocenters. The van der Waals surface area contributed by atoms with E-state index in [1.54, 1.807) is 13.3 Å². The van der Waals surface area contributed by atoms with Crippen molar-refractivity contribution >= 4 is 34.4 Å². The van der Waals surface area contributed by atoms with Gasteiger partial charge < -0.3 is 25.0 Å². The molecular weight excluding hydrogens is 444 g/mol. The molecule has 1 fully saturated rings. The molecule has 0 bridgehead atoms. The third kappa shape index (κ3) is 3.83. The van der Waals surface area contributed by atoms with Gasteiger partial charge in [0.1, 0.15) is 5.75 Å². The SMILES string of the molecule is COc1cc(Nc2nc(-c3ccc4c(c3)CC(=O)N4)c(C)n3ccnc23)ccc1N1CCOCC1. The third-order valence-corrected chi connectivity index (χ3v) is 6.58. The Hall–Kier alpha value is -4.11. The van der Waals surface area contributed by atoms with Crippen molar-refractivity contribution in [1.29, 1.82) is 0 Å². The van der Waals surface area contributed by atoms with Crippen LogP contribution >= 0.6 is 0 Å². The minimum Gasteiger partial charge on any atom is -0.495 e. The van der Waals surface area contributed by atoms with E-state index < -0.39 is 0 Å². The molecular formula is C26H26N6O3. The average molecular weight is 471 g/mol. The Balaban J connectivity index is 1.38. The second kappa shape index (κ2) is 8.59. The highest BCUT2D eigenvalue weighted by atomic mass is 16.5. The van der Waals surface area contributed by atoms with Crippen molar-refractivity contribution in [2.24, 2.45) is 0 Å². The number of nitrogens with zero attached hydrogens (tertiary/aromatic N) is 4. The number of carbonyl (C=O) groups is 1. The van der Waals surface area contributed by atoms with Crippen LogP contribution in [0.1, 0.15) is 11.3 Å². The average Bonchev–Trinajstić information content (AvgIpc) is 3.52. The first-order chi connectivity index (χ1) is 17.1. The fourth-order valence-electron chi connectivity index (χ4n) is 4.80. The Labute approximate surface area is 202 Å². The number of morpholine rings is 1. The van der Waals surface area contributed by atoms with Crippen LogP contribution in [0, 0.1) is 6.92 Å². The number of imidazole rings is 1. The van der Waals surface area contributed by atoms with E-state index in [0.717, 1.165) is 64.1 Å². The van der Waals surface area contributed by atoms with Gasteiger partial charge >= 0.3 is 0 Å². The Bertz CT molecular complexity index is 1440. The topological polar surface area (TPSA) is 93.0 Å². The van der Waals surface area contributed by atoms with Crippen LogP contribution in [-0.2, 0) is 16.0 Å². The highest BCUT2D eigenvalue weighted by molar-refractivity contribution is 5.99. The summed E-state index contributed by atoms with van der Waals surface area (Å²) in [5.41, 5.74) is 7.25. The lowest BCUT2D eigenvalue weighted by molar-refractivity contribution is -0.115. The number of carbonyl (C=O) groups excluding carboxylic acids is 1. The zero-order valence-electron chi connectivity index (χ0n) is 19.7. The quantitative estimate of drug-likeness (QED) is 0.458. The first-order valence-corrected chi connectivity index (χ1v) is 11.7. The summed E-state index contributed by atoms with van der Waals surface area (Å²) >= 11 is 0. The van der Waals surface area contributed by atoms with Gasteiger partial charge in [0.25, 0.3) is 0 Å². The number of aromatic nitrogens is 3. The Morgan fingerprint density at radius 3 is 2.83 bits per heavy atom. The molecule has 2 aromatic heterocycles. The summed E-state index contributed by atoms with van der Waals surface area (Å²) in [6.07, 6.45) is 4.09. The van der Waals surface area contributed by atoms with E-state index in [-0.39, 0.29) is 5.91 Å². The molecule has 0 spiro atoms. The van der Waals surface area contributed by atoms with Gasteiger partial charge in [-0.2, -0.15) is 0 Å². The number of ether oxygens (including phenoxy) is 2. The molecule has 0 atom stereocenters. The lowest BCUT2D eigenvalue weighted by Gasteiger charge is -2.30. The van der Waals surface area contributed by atoms with E-state index in [0.29, 0.717) is 25.5 Å². The molecule has 9 heteroatoms. The van der Waals surface area contributed by atoms with Gasteiger partial charge in [-0.15, -0.1) is 0 Å². The van der Waals surface area contributed by atoms with Gasteiger partial charge in [0.15, 0.2) is 11.5 Å². The van der Waals surface area contributed by atoms with Gasteiger partial charge in [-0.1, -0.05) is 6.07 Å². The Morgan fingerprint density at radius 1 is 1.14 bits per heavy atom. The van der Waals surface area contributed by atoms with E-state index in [1.807, 2.05) is 47.9 Å². The third-order valence-electron chi connectivity index (χ3n) is 6.58. The van der Waals surface area contributed by atoms with Crippen molar-refractivity contribution in [3.05, 3.63) is 60.0 Å². The first-order valence-electron chi connectivity index (χ1n) is 11.7. The summed E-state index contributed by atoms with van der Waals surface area (Å²) in [4.78, 5) is 23.6. The summed E-state index contributed by atoms with van der Waals surface area (Å²) in [5, 5.41) is 6.34. The van der Waals surface area contributed by atoms with Crippen molar-refractivity contribution in [1.82, 2.24) is 14.4 Å². The van der Waals surface area contributed by atoms with E-state index in [1.165, 1.54) is 0 Å². The second-order valence-electron chi connectivity index (χ2n) is 8.72. The minimum atomic E-state index is 0.0173. The minimum absolute atomic E-state index is 0.0173. The van der Waals surface area contributed by atoms with Gasteiger partial charge in [0.05, 0.1) is 38.1 Å². The van der Waals surface area contributed by atoms with E-state index in [4.69, 9.17) is 14.5 Å². The highest BCUT2D eigenvalue weighted by Gasteiger charge is 2.21. The summed E-state index contributed by atoms with van der Waals surface area (Å²) in [7, 11) is 1.69. The van der Waals surface area contributed by atoms with Crippen molar-refractivity contribution in [3.8, 4) is 17.0 Å². The number of benzene rings is 2. The van der Waals surface area contributed by atoms with Gasteiger partial charge in [-0.25, -0.2) is 9.97 Å². The predicted molar refractivity (Wildman–Crippen MR) is 135 cm³/mol.